The molecular weight excluding hydrogens is 285 g/mol. The molecule has 0 spiro atoms. The third-order valence-electron chi connectivity index (χ3n) is 3.62. The number of carbonyl (C=O) groups is 1. The normalized spacial score (nSPS) is 17.6. The fraction of sp³-hybridized carbons (Fsp3) is 0.923. The van der Waals surface area contributed by atoms with E-state index in [1.54, 1.807) is 0 Å². The second-order valence-corrected chi connectivity index (χ2v) is 4.99. The molecule has 0 bridgehead atoms. The van der Waals surface area contributed by atoms with Crippen LogP contribution in [-0.4, -0.2) is 62.0 Å². The Balaban J connectivity index is 0. The van der Waals surface area contributed by atoms with Gasteiger partial charge in [0.05, 0.1) is 6.04 Å². The Bertz CT molecular complexity index is 234. The molecule has 1 fully saturated rings. The van der Waals surface area contributed by atoms with Gasteiger partial charge in [0.2, 0.25) is 5.91 Å². The number of amides is 1. The lowest BCUT2D eigenvalue weighted by Gasteiger charge is -2.30. The van der Waals surface area contributed by atoms with E-state index in [0.717, 1.165) is 26.2 Å². The van der Waals surface area contributed by atoms with Crippen LogP contribution in [0.4, 0.5) is 0 Å². The van der Waals surface area contributed by atoms with Gasteiger partial charge in [-0.05, 0) is 39.9 Å². The van der Waals surface area contributed by atoms with Crippen molar-refractivity contribution in [3.8, 4) is 0 Å². The molecule has 116 valence electrons. The molecule has 6 heteroatoms. The van der Waals surface area contributed by atoms with Crippen molar-refractivity contribution in [3.05, 3.63) is 0 Å². The summed E-state index contributed by atoms with van der Waals surface area (Å²) < 4.78 is 0. The minimum atomic E-state index is 0. The summed E-state index contributed by atoms with van der Waals surface area (Å²) >= 11 is 0. The van der Waals surface area contributed by atoms with Gasteiger partial charge in [-0.2, -0.15) is 0 Å². The highest BCUT2D eigenvalue weighted by atomic mass is 35.5. The first-order valence-electron chi connectivity index (χ1n) is 6.80. The minimum Gasteiger partial charge on any atom is -0.343 e. The Kier molecular flexibility index (Phi) is 13.2. The fourth-order valence-electron chi connectivity index (χ4n) is 2.35. The van der Waals surface area contributed by atoms with Crippen molar-refractivity contribution >= 4 is 30.7 Å². The van der Waals surface area contributed by atoms with E-state index in [1.165, 1.54) is 25.7 Å². The second-order valence-electron chi connectivity index (χ2n) is 4.99. The molecule has 1 aliphatic heterocycles. The molecule has 4 nitrogen and oxygen atoms in total. The summed E-state index contributed by atoms with van der Waals surface area (Å²) in [4.78, 5) is 16.4. The van der Waals surface area contributed by atoms with Gasteiger partial charge in [0.25, 0.3) is 0 Å². The Morgan fingerprint density at radius 2 is 1.74 bits per heavy atom. The first kappa shape index (κ1) is 21.3. The van der Waals surface area contributed by atoms with Crippen molar-refractivity contribution in [2.75, 3.05) is 40.3 Å². The summed E-state index contributed by atoms with van der Waals surface area (Å²) in [5.74, 6) is 0.252. The molecule has 0 aliphatic carbocycles. The standard InChI is InChI=1S/C13H27N3O.2ClH/c1-12(13(17)15(3)11-8-14-2)16-9-6-4-5-7-10-16;;/h12,14H,4-11H2,1-3H3;2*1H. The van der Waals surface area contributed by atoms with E-state index in [4.69, 9.17) is 0 Å². The van der Waals surface area contributed by atoms with Gasteiger partial charge in [-0.25, -0.2) is 0 Å². The van der Waals surface area contributed by atoms with Crippen LogP contribution in [0.25, 0.3) is 0 Å². The topological polar surface area (TPSA) is 35.6 Å². The van der Waals surface area contributed by atoms with Gasteiger partial charge in [0.15, 0.2) is 0 Å². The molecule has 19 heavy (non-hydrogen) atoms. The summed E-state index contributed by atoms with van der Waals surface area (Å²) in [6, 6.07) is 0.0370. The van der Waals surface area contributed by atoms with E-state index >= 15 is 0 Å². The molecule has 1 aliphatic rings. The summed E-state index contributed by atoms with van der Waals surface area (Å²) in [6.45, 7) is 5.84. The smallest absolute Gasteiger partial charge is 0.239 e. The zero-order chi connectivity index (χ0) is 12.7. The highest BCUT2D eigenvalue weighted by Gasteiger charge is 2.24. The number of carbonyl (C=O) groups excluding carboxylic acids is 1. The van der Waals surface area contributed by atoms with Crippen LogP contribution in [0, 0.1) is 0 Å². The van der Waals surface area contributed by atoms with Crippen molar-refractivity contribution in [1.29, 1.82) is 0 Å². The zero-order valence-electron chi connectivity index (χ0n) is 12.4. The minimum absolute atomic E-state index is 0. The van der Waals surface area contributed by atoms with Gasteiger partial charge >= 0.3 is 0 Å². The maximum Gasteiger partial charge on any atom is 0.239 e. The number of hydrogen-bond acceptors (Lipinski definition) is 3. The van der Waals surface area contributed by atoms with Crippen molar-refractivity contribution in [2.45, 2.75) is 38.6 Å². The zero-order valence-corrected chi connectivity index (χ0v) is 14.0. The Hall–Kier alpha value is -0.0300. The molecule has 1 amide bonds. The monoisotopic (exact) mass is 313 g/mol. The van der Waals surface area contributed by atoms with Crippen LogP contribution >= 0.6 is 24.8 Å². The van der Waals surface area contributed by atoms with Crippen LogP contribution in [0.1, 0.15) is 32.6 Å². The average molecular weight is 314 g/mol. The molecule has 0 aromatic rings. The number of nitrogens with one attached hydrogen (secondary N) is 1. The third-order valence-corrected chi connectivity index (χ3v) is 3.62. The summed E-state index contributed by atoms with van der Waals surface area (Å²) in [5.41, 5.74) is 0. The maximum absolute atomic E-state index is 12.2. The molecule has 1 heterocycles. The van der Waals surface area contributed by atoms with E-state index in [2.05, 4.69) is 10.2 Å². The van der Waals surface area contributed by atoms with Crippen LogP contribution in [0.5, 0.6) is 0 Å². The predicted octanol–water partition coefficient (Wildman–Crippen LogP) is 1.77. The summed E-state index contributed by atoms with van der Waals surface area (Å²) in [6.07, 6.45) is 5.09. The number of nitrogens with zero attached hydrogens (tertiary/aromatic N) is 2. The van der Waals surface area contributed by atoms with Crippen LogP contribution in [-0.2, 0) is 4.79 Å². The lowest BCUT2D eigenvalue weighted by Crippen LogP contribution is -2.47. The fourth-order valence-corrected chi connectivity index (χ4v) is 2.35. The molecule has 1 rings (SSSR count). The van der Waals surface area contributed by atoms with Gasteiger partial charge in [0.1, 0.15) is 0 Å². The van der Waals surface area contributed by atoms with Gasteiger partial charge in [-0.1, -0.05) is 12.8 Å². The van der Waals surface area contributed by atoms with E-state index in [0.29, 0.717) is 0 Å². The van der Waals surface area contributed by atoms with Gasteiger partial charge < -0.3 is 10.2 Å². The van der Waals surface area contributed by atoms with Crippen molar-refractivity contribution in [2.24, 2.45) is 0 Å². The number of rotatable bonds is 5. The lowest BCUT2D eigenvalue weighted by molar-refractivity contribution is -0.135. The van der Waals surface area contributed by atoms with E-state index in [9.17, 15) is 4.79 Å². The molecule has 1 atom stereocenters. The summed E-state index contributed by atoms with van der Waals surface area (Å²) in [5, 5.41) is 3.07. The van der Waals surface area contributed by atoms with Crippen LogP contribution in [0.15, 0.2) is 0 Å². The Labute approximate surface area is 130 Å². The molecule has 1 N–H and O–H groups in total. The van der Waals surface area contributed by atoms with Crippen LogP contribution in [0.2, 0.25) is 0 Å². The number of halogens is 2. The third kappa shape index (κ3) is 7.35. The Morgan fingerprint density at radius 3 is 2.21 bits per heavy atom. The van der Waals surface area contributed by atoms with Gasteiger partial charge in [-0.3, -0.25) is 9.69 Å². The number of likely N-dealkylation sites (tertiary alicyclic amines) is 1. The number of hydrogen-bond donors (Lipinski definition) is 1. The molecule has 0 radical (unpaired) electrons. The van der Waals surface area contributed by atoms with E-state index in [1.807, 2.05) is 25.9 Å². The molecule has 0 aromatic carbocycles. The highest BCUT2D eigenvalue weighted by molar-refractivity contribution is 5.85. The molecule has 1 unspecified atom stereocenters. The number of likely N-dealkylation sites (N-methyl/N-ethyl adjacent to an activating group) is 2. The largest absolute Gasteiger partial charge is 0.343 e. The predicted molar refractivity (Wildman–Crippen MR) is 85.6 cm³/mol. The SMILES string of the molecule is CNCCN(C)C(=O)C(C)N1CCCCCC1.Cl.Cl. The molecule has 0 saturated carbocycles. The molecular formula is C13H29Cl2N3O. The van der Waals surface area contributed by atoms with Crippen molar-refractivity contribution < 1.29 is 4.79 Å². The molecule has 1 saturated heterocycles. The van der Waals surface area contributed by atoms with Gasteiger partial charge in [-0.15, -0.1) is 24.8 Å². The van der Waals surface area contributed by atoms with Crippen molar-refractivity contribution in [1.82, 2.24) is 15.1 Å². The lowest BCUT2D eigenvalue weighted by atomic mass is 10.2. The summed E-state index contributed by atoms with van der Waals surface area (Å²) in [7, 11) is 3.81. The average Bonchev–Trinajstić information content (AvgIpc) is 2.62. The maximum atomic E-state index is 12.2. The van der Waals surface area contributed by atoms with Gasteiger partial charge in [0, 0.05) is 20.1 Å². The van der Waals surface area contributed by atoms with Crippen LogP contribution < -0.4 is 5.32 Å². The van der Waals surface area contributed by atoms with E-state index in [-0.39, 0.29) is 36.8 Å². The van der Waals surface area contributed by atoms with Crippen LogP contribution in [0.3, 0.4) is 0 Å². The molecule has 0 aromatic heterocycles. The first-order chi connectivity index (χ1) is 8.16. The van der Waals surface area contributed by atoms with E-state index < -0.39 is 0 Å². The first-order valence-corrected chi connectivity index (χ1v) is 6.80. The highest BCUT2D eigenvalue weighted by Crippen LogP contribution is 2.13. The van der Waals surface area contributed by atoms with Crippen molar-refractivity contribution in [3.63, 3.8) is 0 Å². The second kappa shape index (κ2) is 11.8. The quantitative estimate of drug-likeness (QED) is 0.840. The Morgan fingerprint density at radius 1 is 1.21 bits per heavy atom.